The van der Waals surface area contributed by atoms with Crippen molar-refractivity contribution in [3.05, 3.63) is 76.9 Å². The van der Waals surface area contributed by atoms with E-state index in [4.69, 9.17) is 0 Å². The zero-order valence-electron chi connectivity index (χ0n) is 15.2. The van der Waals surface area contributed by atoms with E-state index in [0.29, 0.717) is 21.0 Å². The summed E-state index contributed by atoms with van der Waals surface area (Å²) in [6.07, 6.45) is -4.45. The summed E-state index contributed by atoms with van der Waals surface area (Å²) in [4.78, 5) is 24.6. The second kappa shape index (κ2) is 8.23. The average molecular weight is 440 g/mol. The average Bonchev–Trinajstić information content (AvgIpc) is 3.00. The molecule has 1 heterocycles. The van der Waals surface area contributed by atoms with Crippen molar-refractivity contribution in [2.45, 2.75) is 13.1 Å². The Bertz CT molecular complexity index is 1090. The third-order valence-corrected chi connectivity index (χ3v) is 5.25. The van der Waals surface area contributed by atoms with Gasteiger partial charge in [-0.2, -0.15) is 13.2 Å². The molecule has 0 saturated heterocycles. The van der Waals surface area contributed by atoms with Gasteiger partial charge in [-0.25, -0.2) is 13.6 Å². The number of aryl methyl sites for hydroxylation is 1. The standard InChI is InChI=1S/C20H13F5N2O2S/c1-10-9-15(30-17(10)11-5-7-12(8-6-11)20(23,24)25)26-19(29)27-18(28)16-13(21)3-2-4-14(16)22/h2-9H,1H3,(H2,26,27,28,29). The van der Waals surface area contributed by atoms with Crippen LogP contribution in [-0.4, -0.2) is 11.9 Å². The summed E-state index contributed by atoms with van der Waals surface area (Å²) >= 11 is 1.07. The van der Waals surface area contributed by atoms with Crippen LogP contribution in [0, 0.1) is 18.6 Å². The molecule has 10 heteroatoms. The molecule has 0 radical (unpaired) electrons. The Morgan fingerprint density at radius 2 is 1.57 bits per heavy atom. The van der Waals surface area contributed by atoms with Gasteiger partial charge in [-0.1, -0.05) is 18.2 Å². The molecule has 3 amide bonds. The fraction of sp³-hybridized carbons (Fsp3) is 0.100. The van der Waals surface area contributed by atoms with Crippen LogP contribution in [-0.2, 0) is 6.18 Å². The van der Waals surface area contributed by atoms with Crippen LogP contribution in [0.2, 0.25) is 0 Å². The molecule has 0 bridgehead atoms. The van der Waals surface area contributed by atoms with Crippen LogP contribution in [0.3, 0.4) is 0 Å². The van der Waals surface area contributed by atoms with Crippen molar-refractivity contribution in [2.24, 2.45) is 0 Å². The first-order valence-electron chi connectivity index (χ1n) is 8.40. The van der Waals surface area contributed by atoms with Crippen molar-refractivity contribution in [1.29, 1.82) is 0 Å². The van der Waals surface area contributed by atoms with E-state index < -0.39 is 40.9 Å². The zero-order valence-corrected chi connectivity index (χ0v) is 16.0. The molecular weight excluding hydrogens is 427 g/mol. The molecule has 0 aliphatic heterocycles. The summed E-state index contributed by atoms with van der Waals surface area (Å²) in [5, 5.41) is 4.50. The Hall–Kier alpha value is -3.27. The number of rotatable bonds is 3. The Morgan fingerprint density at radius 1 is 0.967 bits per heavy atom. The highest BCUT2D eigenvalue weighted by atomic mass is 32.1. The number of nitrogens with one attached hydrogen (secondary N) is 2. The predicted octanol–water partition coefficient (Wildman–Crippen LogP) is 5.98. The molecule has 2 aromatic carbocycles. The number of anilines is 1. The summed E-state index contributed by atoms with van der Waals surface area (Å²) in [5.41, 5.74) is -0.470. The van der Waals surface area contributed by atoms with Gasteiger partial charge in [0.15, 0.2) is 0 Å². The molecular formula is C20H13F5N2O2S. The highest BCUT2D eigenvalue weighted by molar-refractivity contribution is 7.19. The molecule has 3 aromatic rings. The third kappa shape index (κ3) is 4.65. The van der Waals surface area contributed by atoms with Crippen LogP contribution in [0.1, 0.15) is 21.5 Å². The molecule has 0 fully saturated rings. The lowest BCUT2D eigenvalue weighted by Gasteiger charge is -2.07. The van der Waals surface area contributed by atoms with Crippen LogP contribution < -0.4 is 10.6 Å². The molecule has 1 aromatic heterocycles. The number of urea groups is 1. The maximum atomic E-state index is 13.6. The minimum atomic E-state index is -4.45. The van der Waals surface area contributed by atoms with E-state index in [0.717, 1.165) is 41.7 Å². The number of carbonyl (C=O) groups is 2. The van der Waals surface area contributed by atoms with Crippen LogP contribution in [0.15, 0.2) is 48.5 Å². The van der Waals surface area contributed by atoms with Gasteiger partial charge in [0.25, 0.3) is 5.91 Å². The SMILES string of the molecule is Cc1cc(NC(=O)NC(=O)c2c(F)cccc2F)sc1-c1ccc(C(F)(F)F)cc1. The van der Waals surface area contributed by atoms with Crippen molar-refractivity contribution in [1.82, 2.24) is 5.32 Å². The number of hydrogen-bond donors (Lipinski definition) is 2. The van der Waals surface area contributed by atoms with Crippen molar-refractivity contribution in [3.8, 4) is 10.4 Å². The second-order valence-electron chi connectivity index (χ2n) is 6.20. The van der Waals surface area contributed by atoms with E-state index >= 15 is 0 Å². The number of thiophene rings is 1. The molecule has 0 aliphatic rings. The maximum absolute atomic E-state index is 13.6. The van der Waals surface area contributed by atoms with E-state index in [-0.39, 0.29) is 0 Å². The summed E-state index contributed by atoms with van der Waals surface area (Å²) in [6, 6.07) is 7.94. The lowest BCUT2D eigenvalue weighted by molar-refractivity contribution is -0.137. The largest absolute Gasteiger partial charge is 0.416 e. The number of alkyl halides is 3. The first-order chi connectivity index (χ1) is 14.1. The lowest BCUT2D eigenvalue weighted by atomic mass is 10.1. The quantitative estimate of drug-likeness (QED) is 0.492. The van der Waals surface area contributed by atoms with Gasteiger partial charge < -0.3 is 0 Å². The van der Waals surface area contributed by atoms with E-state index in [1.165, 1.54) is 12.1 Å². The van der Waals surface area contributed by atoms with Gasteiger partial charge >= 0.3 is 12.2 Å². The Labute approximate surface area is 171 Å². The highest BCUT2D eigenvalue weighted by Crippen LogP contribution is 2.37. The molecule has 3 rings (SSSR count). The van der Waals surface area contributed by atoms with Crippen LogP contribution in [0.4, 0.5) is 31.7 Å². The second-order valence-corrected chi connectivity index (χ2v) is 7.26. The van der Waals surface area contributed by atoms with E-state index in [9.17, 15) is 31.5 Å². The van der Waals surface area contributed by atoms with Gasteiger partial charge in [0, 0.05) is 4.88 Å². The highest BCUT2D eigenvalue weighted by Gasteiger charge is 2.30. The van der Waals surface area contributed by atoms with E-state index in [1.54, 1.807) is 13.0 Å². The number of hydrogen-bond acceptors (Lipinski definition) is 3. The fourth-order valence-electron chi connectivity index (χ4n) is 2.66. The van der Waals surface area contributed by atoms with Gasteiger partial charge in [0.05, 0.1) is 10.6 Å². The summed E-state index contributed by atoms with van der Waals surface area (Å²) < 4.78 is 65.3. The summed E-state index contributed by atoms with van der Waals surface area (Å²) in [7, 11) is 0. The lowest BCUT2D eigenvalue weighted by Crippen LogP contribution is -2.35. The minimum Gasteiger partial charge on any atom is -0.299 e. The smallest absolute Gasteiger partial charge is 0.299 e. The molecule has 0 spiro atoms. The fourth-order valence-corrected chi connectivity index (χ4v) is 3.74. The molecule has 2 N–H and O–H groups in total. The summed E-state index contributed by atoms with van der Waals surface area (Å²) in [6.45, 7) is 1.70. The first-order valence-corrected chi connectivity index (χ1v) is 9.22. The van der Waals surface area contributed by atoms with Crippen LogP contribution in [0.25, 0.3) is 10.4 Å². The zero-order chi connectivity index (χ0) is 22.1. The van der Waals surface area contributed by atoms with Crippen molar-refractivity contribution >= 4 is 28.3 Å². The Morgan fingerprint density at radius 3 is 2.13 bits per heavy atom. The molecule has 0 aliphatic carbocycles. The van der Waals surface area contributed by atoms with Crippen molar-refractivity contribution in [3.63, 3.8) is 0 Å². The molecule has 0 saturated carbocycles. The molecule has 0 atom stereocenters. The van der Waals surface area contributed by atoms with Crippen LogP contribution >= 0.6 is 11.3 Å². The first kappa shape index (κ1) is 21.4. The van der Waals surface area contributed by atoms with Crippen LogP contribution in [0.5, 0.6) is 0 Å². The topological polar surface area (TPSA) is 58.2 Å². The summed E-state index contributed by atoms with van der Waals surface area (Å²) in [5.74, 6) is -3.48. The van der Waals surface area contributed by atoms with Crippen molar-refractivity contribution < 1.29 is 31.5 Å². The molecule has 156 valence electrons. The molecule has 30 heavy (non-hydrogen) atoms. The maximum Gasteiger partial charge on any atom is 0.416 e. The predicted molar refractivity (Wildman–Crippen MR) is 102 cm³/mol. The molecule has 4 nitrogen and oxygen atoms in total. The Balaban J connectivity index is 1.72. The number of benzene rings is 2. The number of imide groups is 1. The van der Waals surface area contributed by atoms with Gasteiger partial charge in [-0.3, -0.25) is 15.4 Å². The van der Waals surface area contributed by atoms with Crippen molar-refractivity contribution in [2.75, 3.05) is 5.32 Å². The number of amides is 3. The van der Waals surface area contributed by atoms with E-state index in [2.05, 4.69) is 5.32 Å². The third-order valence-electron chi connectivity index (χ3n) is 4.05. The molecule has 0 unspecified atom stereocenters. The van der Waals surface area contributed by atoms with Gasteiger partial charge in [0.1, 0.15) is 17.2 Å². The normalized spacial score (nSPS) is 11.3. The van der Waals surface area contributed by atoms with Gasteiger partial charge in [-0.15, -0.1) is 11.3 Å². The number of halogens is 5. The van der Waals surface area contributed by atoms with Gasteiger partial charge in [0.2, 0.25) is 0 Å². The Kier molecular flexibility index (Phi) is 5.88. The van der Waals surface area contributed by atoms with Gasteiger partial charge in [-0.05, 0) is 48.4 Å². The number of carbonyl (C=O) groups excluding carboxylic acids is 2. The monoisotopic (exact) mass is 440 g/mol. The van der Waals surface area contributed by atoms with E-state index in [1.807, 2.05) is 5.32 Å². The minimum absolute atomic E-state index is 0.293.